The Balaban J connectivity index is 2.85. The molecule has 0 aliphatic carbocycles. The average molecular weight is 223 g/mol. The fraction of sp³-hybridized carbons (Fsp3) is 0.364. The molecule has 4 N–H and O–H groups in total. The average Bonchev–Trinajstić information content (AvgIpc) is 2.30. The molecule has 5 heteroatoms. The SMILES string of the molecule is CNC(=O)c1cc(N)ccc1NCCOC. The summed E-state index contributed by atoms with van der Waals surface area (Å²) in [5.74, 6) is -0.160. The van der Waals surface area contributed by atoms with Gasteiger partial charge in [-0.15, -0.1) is 0 Å². The molecule has 1 aromatic rings. The predicted molar refractivity (Wildman–Crippen MR) is 64.6 cm³/mol. The van der Waals surface area contributed by atoms with Gasteiger partial charge in [-0.1, -0.05) is 0 Å². The molecule has 88 valence electrons. The molecule has 1 amide bonds. The number of carbonyl (C=O) groups excluding carboxylic acids is 1. The molecule has 0 aromatic heterocycles. The topological polar surface area (TPSA) is 76.4 Å². The second-order valence-electron chi connectivity index (χ2n) is 3.30. The van der Waals surface area contributed by atoms with Gasteiger partial charge in [-0.05, 0) is 18.2 Å². The van der Waals surface area contributed by atoms with E-state index in [1.807, 2.05) is 0 Å². The lowest BCUT2D eigenvalue weighted by Gasteiger charge is -2.11. The van der Waals surface area contributed by atoms with Gasteiger partial charge in [0, 0.05) is 32.1 Å². The van der Waals surface area contributed by atoms with Gasteiger partial charge in [0.1, 0.15) is 0 Å². The standard InChI is InChI=1S/C11H17N3O2/c1-13-11(15)9-7-8(12)3-4-10(9)14-5-6-16-2/h3-4,7,14H,5-6,12H2,1-2H3,(H,13,15). The highest BCUT2D eigenvalue weighted by Crippen LogP contribution is 2.18. The first-order valence-corrected chi connectivity index (χ1v) is 5.03. The summed E-state index contributed by atoms with van der Waals surface area (Å²) in [5, 5.41) is 5.69. The van der Waals surface area contributed by atoms with Gasteiger partial charge in [-0.3, -0.25) is 4.79 Å². The van der Waals surface area contributed by atoms with Crippen LogP contribution in [0.3, 0.4) is 0 Å². The van der Waals surface area contributed by atoms with Crippen LogP contribution in [0.4, 0.5) is 11.4 Å². The summed E-state index contributed by atoms with van der Waals surface area (Å²) in [7, 11) is 3.22. The van der Waals surface area contributed by atoms with Crippen LogP contribution in [0.5, 0.6) is 0 Å². The van der Waals surface area contributed by atoms with E-state index in [0.29, 0.717) is 24.4 Å². The number of hydrogen-bond acceptors (Lipinski definition) is 4. The van der Waals surface area contributed by atoms with E-state index >= 15 is 0 Å². The number of nitrogen functional groups attached to an aromatic ring is 1. The second kappa shape index (κ2) is 5.97. The molecule has 16 heavy (non-hydrogen) atoms. The van der Waals surface area contributed by atoms with Gasteiger partial charge in [0.2, 0.25) is 0 Å². The van der Waals surface area contributed by atoms with Crippen molar-refractivity contribution in [3.63, 3.8) is 0 Å². The highest BCUT2D eigenvalue weighted by Gasteiger charge is 2.09. The van der Waals surface area contributed by atoms with Crippen LogP contribution in [0.1, 0.15) is 10.4 Å². The zero-order chi connectivity index (χ0) is 12.0. The van der Waals surface area contributed by atoms with E-state index in [2.05, 4.69) is 10.6 Å². The molecule has 1 aromatic carbocycles. The van der Waals surface area contributed by atoms with Crippen molar-refractivity contribution in [2.45, 2.75) is 0 Å². The molecule has 0 unspecified atom stereocenters. The molecule has 0 bridgehead atoms. The molecule has 0 heterocycles. The van der Waals surface area contributed by atoms with Crippen LogP contribution in [0.25, 0.3) is 0 Å². The minimum atomic E-state index is -0.160. The molecule has 5 nitrogen and oxygen atoms in total. The van der Waals surface area contributed by atoms with E-state index in [1.165, 1.54) is 0 Å². The third-order valence-corrected chi connectivity index (χ3v) is 2.14. The largest absolute Gasteiger partial charge is 0.399 e. The number of rotatable bonds is 5. The smallest absolute Gasteiger partial charge is 0.253 e. The molecule has 1 rings (SSSR count). The fourth-order valence-electron chi connectivity index (χ4n) is 1.33. The molecule has 0 saturated heterocycles. The number of anilines is 2. The quantitative estimate of drug-likeness (QED) is 0.507. The summed E-state index contributed by atoms with van der Waals surface area (Å²) >= 11 is 0. The first-order valence-electron chi connectivity index (χ1n) is 5.03. The zero-order valence-electron chi connectivity index (χ0n) is 9.54. The van der Waals surface area contributed by atoms with Gasteiger partial charge >= 0.3 is 0 Å². The Hall–Kier alpha value is -1.75. The van der Waals surface area contributed by atoms with E-state index in [0.717, 1.165) is 5.69 Å². The highest BCUT2D eigenvalue weighted by molar-refractivity contribution is 6.00. The van der Waals surface area contributed by atoms with Crippen LogP contribution in [-0.2, 0) is 4.74 Å². The molecule has 0 saturated carbocycles. The molecular formula is C11H17N3O2. The number of nitrogens with one attached hydrogen (secondary N) is 2. The Kier molecular flexibility index (Phi) is 4.60. The van der Waals surface area contributed by atoms with Crippen LogP contribution in [0, 0.1) is 0 Å². The van der Waals surface area contributed by atoms with E-state index in [4.69, 9.17) is 10.5 Å². The van der Waals surface area contributed by atoms with Gasteiger partial charge in [-0.2, -0.15) is 0 Å². The summed E-state index contributed by atoms with van der Waals surface area (Å²) in [6.45, 7) is 1.22. The summed E-state index contributed by atoms with van der Waals surface area (Å²) in [4.78, 5) is 11.6. The Bertz CT molecular complexity index is 366. The van der Waals surface area contributed by atoms with E-state index in [1.54, 1.807) is 32.4 Å². The zero-order valence-corrected chi connectivity index (χ0v) is 9.54. The molecule has 0 atom stereocenters. The number of nitrogens with two attached hydrogens (primary N) is 1. The van der Waals surface area contributed by atoms with Crippen molar-refractivity contribution in [3.8, 4) is 0 Å². The molecule has 0 aliphatic heterocycles. The summed E-state index contributed by atoms with van der Waals surface area (Å²) < 4.78 is 4.93. The Morgan fingerprint density at radius 3 is 2.88 bits per heavy atom. The van der Waals surface area contributed by atoms with E-state index in [-0.39, 0.29) is 5.91 Å². The number of hydrogen-bond donors (Lipinski definition) is 3. The van der Waals surface area contributed by atoms with Crippen molar-refractivity contribution < 1.29 is 9.53 Å². The number of ether oxygens (including phenoxy) is 1. The summed E-state index contributed by atoms with van der Waals surface area (Å²) in [5.41, 5.74) is 7.50. The second-order valence-corrected chi connectivity index (χ2v) is 3.30. The normalized spacial score (nSPS) is 9.88. The van der Waals surface area contributed by atoms with Gasteiger partial charge in [0.15, 0.2) is 0 Å². The number of methoxy groups -OCH3 is 1. The van der Waals surface area contributed by atoms with Crippen molar-refractivity contribution >= 4 is 17.3 Å². The van der Waals surface area contributed by atoms with E-state index < -0.39 is 0 Å². The minimum Gasteiger partial charge on any atom is -0.399 e. The van der Waals surface area contributed by atoms with Crippen LogP contribution in [0.2, 0.25) is 0 Å². The monoisotopic (exact) mass is 223 g/mol. The molecule has 0 radical (unpaired) electrons. The summed E-state index contributed by atoms with van der Waals surface area (Å²) in [6.07, 6.45) is 0. The van der Waals surface area contributed by atoms with Crippen molar-refractivity contribution in [3.05, 3.63) is 23.8 Å². The first kappa shape index (κ1) is 12.3. The lowest BCUT2D eigenvalue weighted by Crippen LogP contribution is -2.20. The number of carbonyl (C=O) groups is 1. The third kappa shape index (κ3) is 3.13. The van der Waals surface area contributed by atoms with Crippen LogP contribution in [-0.4, -0.2) is 33.2 Å². The lowest BCUT2D eigenvalue weighted by atomic mass is 10.1. The van der Waals surface area contributed by atoms with Gasteiger partial charge in [-0.25, -0.2) is 0 Å². The van der Waals surface area contributed by atoms with Crippen LogP contribution < -0.4 is 16.4 Å². The summed E-state index contributed by atoms with van der Waals surface area (Å²) in [6, 6.07) is 5.19. The highest BCUT2D eigenvalue weighted by atomic mass is 16.5. The van der Waals surface area contributed by atoms with Gasteiger partial charge in [0.05, 0.1) is 12.2 Å². The Labute approximate surface area is 95.0 Å². The lowest BCUT2D eigenvalue weighted by molar-refractivity contribution is 0.0964. The fourth-order valence-corrected chi connectivity index (χ4v) is 1.33. The maximum absolute atomic E-state index is 11.6. The van der Waals surface area contributed by atoms with Crippen molar-refractivity contribution in [2.24, 2.45) is 0 Å². The predicted octanol–water partition coefficient (Wildman–Crippen LogP) is 0.687. The van der Waals surface area contributed by atoms with Crippen LogP contribution in [0.15, 0.2) is 18.2 Å². The first-order chi connectivity index (χ1) is 7.69. The molecule has 0 aliphatic rings. The maximum Gasteiger partial charge on any atom is 0.253 e. The van der Waals surface area contributed by atoms with E-state index in [9.17, 15) is 4.79 Å². The van der Waals surface area contributed by atoms with Crippen molar-refractivity contribution in [2.75, 3.05) is 38.4 Å². The maximum atomic E-state index is 11.6. The molecular weight excluding hydrogens is 206 g/mol. The molecule has 0 spiro atoms. The van der Waals surface area contributed by atoms with Crippen molar-refractivity contribution in [1.29, 1.82) is 0 Å². The third-order valence-electron chi connectivity index (χ3n) is 2.14. The Morgan fingerprint density at radius 1 is 1.50 bits per heavy atom. The molecule has 0 fully saturated rings. The van der Waals surface area contributed by atoms with Gasteiger partial charge in [0.25, 0.3) is 5.91 Å². The van der Waals surface area contributed by atoms with Crippen molar-refractivity contribution in [1.82, 2.24) is 5.32 Å². The minimum absolute atomic E-state index is 0.160. The number of amides is 1. The van der Waals surface area contributed by atoms with Gasteiger partial charge < -0.3 is 21.1 Å². The Morgan fingerprint density at radius 2 is 2.25 bits per heavy atom. The van der Waals surface area contributed by atoms with Crippen LogP contribution >= 0.6 is 0 Å². The number of benzene rings is 1.